The summed E-state index contributed by atoms with van der Waals surface area (Å²) >= 11 is 6.10. The number of hydrogen-bond donors (Lipinski definition) is 1. The Kier molecular flexibility index (Phi) is 7.43. The van der Waals surface area contributed by atoms with Crippen LogP contribution in [0.3, 0.4) is 0 Å². The summed E-state index contributed by atoms with van der Waals surface area (Å²) in [6.45, 7) is 3.28. The first-order chi connectivity index (χ1) is 15.2. The van der Waals surface area contributed by atoms with Crippen LogP contribution in [0.2, 0.25) is 5.02 Å². The van der Waals surface area contributed by atoms with Gasteiger partial charge in [0, 0.05) is 10.6 Å². The molecule has 0 fully saturated rings. The van der Waals surface area contributed by atoms with Gasteiger partial charge in [-0.2, -0.15) is 0 Å². The maximum Gasteiger partial charge on any atom is 0.264 e. The van der Waals surface area contributed by atoms with Crippen LogP contribution >= 0.6 is 11.6 Å². The van der Waals surface area contributed by atoms with E-state index in [0.717, 1.165) is 15.4 Å². The number of halogens is 1. The zero-order valence-electron chi connectivity index (χ0n) is 18.1. The smallest absolute Gasteiger partial charge is 0.264 e. The van der Waals surface area contributed by atoms with Crippen molar-refractivity contribution in [3.8, 4) is 5.75 Å². The molecule has 0 radical (unpaired) electrons. The van der Waals surface area contributed by atoms with Crippen molar-refractivity contribution in [2.45, 2.75) is 24.8 Å². The molecule has 0 aliphatic carbocycles. The molecule has 1 amide bonds. The zero-order valence-corrected chi connectivity index (χ0v) is 19.7. The lowest BCUT2D eigenvalue weighted by molar-refractivity contribution is -0.120. The van der Waals surface area contributed by atoms with Crippen molar-refractivity contribution in [1.29, 1.82) is 0 Å². The van der Waals surface area contributed by atoms with Crippen LogP contribution in [0.5, 0.6) is 5.75 Å². The fourth-order valence-electron chi connectivity index (χ4n) is 3.30. The molecule has 0 aromatic heterocycles. The minimum absolute atomic E-state index is 0.0913. The standard InChI is InChI=1S/C24H25ClN2O4S/c1-17-11-13-21(14-12-17)32(29,30)27(20-8-6-7-19(25)15-20)16-24(28)26-18(2)22-9-4-5-10-23(22)31-3/h4-15,18H,16H2,1-3H3,(H,26,28)/t18-/m1/s1. The van der Waals surface area contributed by atoms with Gasteiger partial charge < -0.3 is 10.1 Å². The second-order valence-corrected chi connectivity index (χ2v) is 9.63. The van der Waals surface area contributed by atoms with Crippen LogP contribution in [0.4, 0.5) is 5.69 Å². The van der Waals surface area contributed by atoms with Crippen LogP contribution in [-0.4, -0.2) is 28.0 Å². The number of hydrogen-bond acceptors (Lipinski definition) is 4. The predicted octanol–water partition coefficient (Wildman–Crippen LogP) is 4.73. The van der Waals surface area contributed by atoms with Crippen LogP contribution in [0.1, 0.15) is 24.1 Å². The number of para-hydroxylation sites is 1. The molecule has 32 heavy (non-hydrogen) atoms. The minimum atomic E-state index is -4.01. The predicted molar refractivity (Wildman–Crippen MR) is 127 cm³/mol. The van der Waals surface area contributed by atoms with Gasteiger partial charge in [0.2, 0.25) is 5.91 Å². The van der Waals surface area contributed by atoms with E-state index >= 15 is 0 Å². The molecule has 0 aliphatic rings. The monoisotopic (exact) mass is 472 g/mol. The van der Waals surface area contributed by atoms with Gasteiger partial charge in [0.25, 0.3) is 10.0 Å². The van der Waals surface area contributed by atoms with Gasteiger partial charge in [0.05, 0.1) is 23.7 Å². The molecule has 0 unspecified atom stereocenters. The number of sulfonamides is 1. The van der Waals surface area contributed by atoms with E-state index in [0.29, 0.717) is 16.5 Å². The molecular weight excluding hydrogens is 448 g/mol. The minimum Gasteiger partial charge on any atom is -0.496 e. The van der Waals surface area contributed by atoms with Gasteiger partial charge >= 0.3 is 0 Å². The Morgan fingerprint density at radius 3 is 2.41 bits per heavy atom. The van der Waals surface area contributed by atoms with Crippen LogP contribution in [0, 0.1) is 6.92 Å². The van der Waals surface area contributed by atoms with E-state index in [1.807, 2.05) is 32.0 Å². The lowest BCUT2D eigenvalue weighted by Crippen LogP contribution is -2.41. The van der Waals surface area contributed by atoms with Crippen molar-refractivity contribution in [2.75, 3.05) is 18.0 Å². The van der Waals surface area contributed by atoms with E-state index in [1.54, 1.807) is 43.5 Å². The summed E-state index contributed by atoms with van der Waals surface area (Å²) in [6, 6.07) is 19.8. The molecule has 0 spiro atoms. The average Bonchev–Trinajstić information content (AvgIpc) is 2.77. The van der Waals surface area contributed by atoms with Crippen molar-refractivity contribution in [2.24, 2.45) is 0 Å². The molecule has 0 heterocycles. The Balaban J connectivity index is 1.90. The second-order valence-electron chi connectivity index (χ2n) is 7.34. The molecule has 1 N–H and O–H groups in total. The Labute approximate surface area is 193 Å². The van der Waals surface area contributed by atoms with Crippen molar-refractivity contribution in [3.63, 3.8) is 0 Å². The van der Waals surface area contributed by atoms with Gasteiger partial charge in [-0.05, 0) is 50.2 Å². The average molecular weight is 473 g/mol. The van der Waals surface area contributed by atoms with Gasteiger partial charge in [-0.3, -0.25) is 9.10 Å². The number of anilines is 1. The molecule has 6 nitrogen and oxygen atoms in total. The highest BCUT2D eigenvalue weighted by molar-refractivity contribution is 7.92. The number of ether oxygens (including phenoxy) is 1. The fraction of sp³-hybridized carbons (Fsp3) is 0.208. The van der Waals surface area contributed by atoms with Crippen LogP contribution < -0.4 is 14.4 Å². The summed E-state index contributed by atoms with van der Waals surface area (Å²) in [5.74, 6) is 0.179. The molecule has 8 heteroatoms. The third-order valence-corrected chi connectivity index (χ3v) is 7.00. The van der Waals surface area contributed by atoms with E-state index in [2.05, 4.69) is 5.32 Å². The Morgan fingerprint density at radius 2 is 1.75 bits per heavy atom. The number of aryl methyl sites for hydroxylation is 1. The van der Waals surface area contributed by atoms with Crippen molar-refractivity contribution in [1.82, 2.24) is 5.32 Å². The first-order valence-corrected chi connectivity index (χ1v) is 11.8. The third-order valence-electron chi connectivity index (χ3n) is 4.98. The van der Waals surface area contributed by atoms with E-state index in [9.17, 15) is 13.2 Å². The first-order valence-electron chi connectivity index (χ1n) is 9.99. The molecule has 1 atom stereocenters. The van der Waals surface area contributed by atoms with Gasteiger partial charge in [0.15, 0.2) is 0 Å². The van der Waals surface area contributed by atoms with E-state index < -0.39 is 22.5 Å². The summed E-state index contributed by atoms with van der Waals surface area (Å²) in [7, 11) is -2.45. The van der Waals surface area contributed by atoms with Gasteiger partial charge in [-0.1, -0.05) is 53.6 Å². The lowest BCUT2D eigenvalue weighted by atomic mass is 10.1. The highest BCUT2D eigenvalue weighted by Crippen LogP contribution is 2.27. The quantitative estimate of drug-likeness (QED) is 0.514. The lowest BCUT2D eigenvalue weighted by Gasteiger charge is -2.25. The summed E-state index contributed by atoms with van der Waals surface area (Å²) in [4.78, 5) is 13.0. The number of nitrogens with one attached hydrogen (secondary N) is 1. The second kappa shape index (κ2) is 10.1. The highest BCUT2D eigenvalue weighted by Gasteiger charge is 2.28. The number of rotatable bonds is 8. The number of benzene rings is 3. The molecule has 168 valence electrons. The summed E-state index contributed by atoms with van der Waals surface area (Å²) in [5, 5.41) is 3.23. The van der Waals surface area contributed by atoms with Crippen LogP contribution in [0.25, 0.3) is 0 Å². The van der Waals surface area contributed by atoms with Crippen LogP contribution in [-0.2, 0) is 14.8 Å². The van der Waals surface area contributed by atoms with E-state index in [4.69, 9.17) is 16.3 Å². The zero-order chi connectivity index (χ0) is 23.3. The number of nitrogens with zero attached hydrogens (tertiary/aromatic N) is 1. The maximum absolute atomic E-state index is 13.4. The Bertz CT molecular complexity index is 1200. The van der Waals surface area contributed by atoms with Crippen molar-refractivity contribution < 1.29 is 17.9 Å². The van der Waals surface area contributed by atoms with Gasteiger partial charge in [-0.25, -0.2) is 8.42 Å². The number of carbonyl (C=O) groups excluding carboxylic acids is 1. The van der Waals surface area contributed by atoms with Gasteiger partial charge in [-0.15, -0.1) is 0 Å². The summed E-state index contributed by atoms with van der Waals surface area (Å²) in [6.07, 6.45) is 0. The van der Waals surface area contributed by atoms with Gasteiger partial charge in [0.1, 0.15) is 12.3 Å². The molecule has 0 bridgehead atoms. The summed E-state index contributed by atoms with van der Waals surface area (Å²) in [5.41, 5.74) is 2.03. The number of methoxy groups -OCH3 is 1. The maximum atomic E-state index is 13.4. The molecule has 0 aliphatic heterocycles. The molecular formula is C24H25ClN2O4S. The Hall–Kier alpha value is -3.03. The van der Waals surface area contributed by atoms with Crippen LogP contribution in [0.15, 0.2) is 77.7 Å². The number of carbonyl (C=O) groups is 1. The van der Waals surface area contributed by atoms with E-state index in [1.165, 1.54) is 18.2 Å². The first kappa shape index (κ1) is 23.6. The molecule has 0 saturated heterocycles. The Morgan fingerprint density at radius 1 is 1.06 bits per heavy atom. The molecule has 0 saturated carbocycles. The molecule has 3 rings (SSSR count). The normalized spacial score (nSPS) is 12.1. The fourth-order valence-corrected chi connectivity index (χ4v) is 4.90. The highest BCUT2D eigenvalue weighted by atomic mass is 35.5. The summed E-state index contributed by atoms with van der Waals surface area (Å²) < 4.78 is 33.3. The largest absolute Gasteiger partial charge is 0.496 e. The van der Waals surface area contributed by atoms with Crippen molar-refractivity contribution >= 4 is 33.2 Å². The third kappa shape index (κ3) is 5.41. The van der Waals surface area contributed by atoms with Crippen molar-refractivity contribution in [3.05, 3.63) is 88.9 Å². The topological polar surface area (TPSA) is 75.7 Å². The van der Waals surface area contributed by atoms with E-state index in [-0.39, 0.29) is 10.9 Å². The molecule has 3 aromatic carbocycles. The SMILES string of the molecule is COc1ccccc1[C@@H](C)NC(=O)CN(c1cccc(Cl)c1)S(=O)(=O)c1ccc(C)cc1. The molecule has 3 aromatic rings. The number of amides is 1.